The van der Waals surface area contributed by atoms with Crippen molar-refractivity contribution in [2.24, 2.45) is 5.41 Å². The van der Waals surface area contributed by atoms with E-state index in [-0.39, 0.29) is 28.8 Å². The Morgan fingerprint density at radius 3 is 2.44 bits per heavy atom. The number of piperidine rings is 1. The van der Waals surface area contributed by atoms with Gasteiger partial charge in [0.1, 0.15) is 5.76 Å². The number of anilines is 1. The van der Waals surface area contributed by atoms with Crippen LogP contribution in [0.3, 0.4) is 0 Å². The van der Waals surface area contributed by atoms with Crippen LogP contribution in [0, 0.1) is 12.3 Å². The summed E-state index contributed by atoms with van der Waals surface area (Å²) in [5.41, 5.74) is 1.53. The van der Waals surface area contributed by atoms with Crippen LogP contribution in [0.2, 0.25) is 0 Å². The molecule has 1 aromatic carbocycles. The number of rotatable bonds is 4. The van der Waals surface area contributed by atoms with Gasteiger partial charge >= 0.3 is 0 Å². The number of nitrogens with one attached hydrogen (secondary N) is 2. The molecule has 1 saturated heterocycles. The lowest BCUT2D eigenvalue weighted by molar-refractivity contribution is -0.138. The van der Waals surface area contributed by atoms with Gasteiger partial charge in [0.15, 0.2) is 11.5 Å². The predicted octanol–water partition coefficient (Wildman–Crippen LogP) is 4.08. The monoisotopic (exact) mass is 436 g/mol. The fraction of sp³-hybridized carbons (Fsp3) is 0.440. The van der Waals surface area contributed by atoms with Gasteiger partial charge in [0.2, 0.25) is 11.8 Å². The topological polar surface area (TPSA) is 105 Å². The van der Waals surface area contributed by atoms with Crippen molar-refractivity contribution in [3.8, 4) is 0 Å². The maximum absolute atomic E-state index is 12.9. The molecule has 1 atom stereocenters. The minimum Gasteiger partial charge on any atom is -0.455 e. The lowest BCUT2D eigenvalue weighted by Gasteiger charge is -2.35. The first-order chi connectivity index (χ1) is 15.1. The summed E-state index contributed by atoms with van der Waals surface area (Å²) >= 11 is 0. The van der Waals surface area contributed by atoms with Crippen LogP contribution in [0.15, 0.2) is 28.7 Å². The normalized spacial score (nSPS) is 22.3. The third kappa shape index (κ3) is 3.66. The molecular weight excluding hydrogens is 408 g/mol. The Morgan fingerprint density at radius 2 is 1.81 bits per heavy atom. The van der Waals surface area contributed by atoms with Crippen molar-refractivity contribution in [3.63, 3.8) is 0 Å². The summed E-state index contributed by atoms with van der Waals surface area (Å²) in [6, 6.07) is 7.09. The minimum absolute atomic E-state index is 0.00927. The number of carbonyl (C=O) groups excluding carboxylic acids is 4. The molecule has 7 nitrogen and oxygen atoms in total. The van der Waals surface area contributed by atoms with E-state index in [1.165, 1.54) is 0 Å². The van der Waals surface area contributed by atoms with E-state index in [0.717, 1.165) is 5.56 Å². The molecule has 4 rings (SSSR count). The Balaban J connectivity index is 1.55. The molecule has 1 unspecified atom stereocenters. The third-order valence-electron chi connectivity index (χ3n) is 6.75. The van der Waals surface area contributed by atoms with E-state index < -0.39 is 11.3 Å². The van der Waals surface area contributed by atoms with Crippen molar-refractivity contribution >= 4 is 29.2 Å². The highest BCUT2D eigenvalue weighted by Gasteiger charge is 2.42. The summed E-state index contributed by atoms with van der Waals surface area (Å²) in [5, 5.41) is 5.26. The van der Waals surface area contributed by atoms with Gasteiger partial charge in [-0.3, -0.25) is 24.5 Å². The molecule has 32 heavy (non-hydrogen) atoms. The van der Waals surface area contributed by atoms with Crippen LogP contribution in [0.5, 0.6) is 0 Å². The van der Waals surface area contributed by atoms with Crippen LogP contribution >= 0.6 is 0 Å². The van der Waals surface area contributed by atoms with Gasteiger partial charge in [-0.25, -0.2) is 0 Å². The molecular formula is C25H28N2O5. The molecule has 2 N–H and O–H groups in total. The molecule has 1 aliphatic carbocycles. The molecule has 7 heteroatoms. The van der Waals surface area contributed by atoms with Crippen molar-refractivity contribution in [1.29, 1.82) is 0 Å². The molecule has 1 fully saturated rings. The summed E-state index contributed by atoms with van der Waals surface area (Å²) in [6.45, 7) is 7.69. The van der Waals surface area contributed by atoms with Crippen LogP contribution in [0.1, 0.15) is 84.3 Å². The Morgan fingerprint density at radius 1 is 1.12 bits per heavy atom. The van der Waals surface area contributed by atoms with E-state index in [9.17, 15) is 19.2 Å². The summed E-state index contributed by atoms with van der Waals surface area (Å²) in [7, 11) is 0. The number of amides is 3. The number of Topliss-reactive ketones (excluding diaryl/α,β-unsaturated/α-hetero) is 1. The minimum atomic E-state index is -0.750. The first-order valence-corrected chi connectivity index (χ1v) is 11.0. The smallest absolute Gasteiger partial charge is 0.291 e. The second-order valence-corrected chi connectivity index (χ2v) is 9.64. The van der Waals surface area contributed by atoms with E-state index in [4.69, 9.17) is 4.42 Å². The van der Waals surface area contributed by atoms with Crippen molar-refractivity contribution in [1.82, 2.24) is 5.32 Å². The average Bonchev–Trinajstić information content (AvgIpc) is 3.04. The standard InChI is InChI=1S/C25H28N2O5/c1-5-25(11-10-19(29)27-23(25)31)15-6-8-16(9-7-15)26-22(30)21-14(2)20-17(28)12-24(3,4)13-18(20)32-21/h6-9H,5,10-13H2,1-4H3,(H,26,30)(H,27,29,31). The summed E-state index contributed by atoms with van der Waals surface area (Å²) in [4.78, 5) is 49.6. The van der Waals surface area contributed by atoms with Gasteiger partial charge in [0.05, 0.1) is 11.0 Å². The van der Waals surface area contributed by atoms with Crippen molar-refractivity contribution in [3.05, 3.63) is 52.5 Å². The Hall–Kier alpha value is -3.22. The van der Waals surface area contributed by atoms with Crippen LogP contribution in [0.25, 0.3) is 0 Å². The molecule has 0 spiro atoms. The number of imide groups is 1. The fourth-order valence-corrected chi connectivity index (χ4v) is 4.93. The van der Waals surface area contributed by atoms with Crippen molar-refractivity contribution in [2.75, 3.05) is 5.32 Å². The van der Waals surface area contributed by atoms with Gasteiger partial charge in [-0.1, -0.05) is 32.9 Å². The van der Waals surface area contributed by atoms with Gasteiger partial charge in [-0.05, 0) is 42.9 Å². The number of hydrogen-bond donors (Lipinski definition) is 2. The van der Waals surface area contributed by atoms with Gasteiger partial charge in [0.25, 0.3) is 5.91 Å². The van der Waals surface area contributed by atoms with E-state index >= 15 is 0 Å². The SMILES string of the molecule is CCC1(c2ccc(NC(=O)c3oc4c(c3C)C(=O)CC(C)(C)C4)cc2)CCC(=O)NC1=O. The van der Waals surface area contributed by atoms with E-state index in [0.29, 0.717) is 54.7 Å². The van der Waals surface area contributed by atoms with E-state index in [2.05, 4.69) is 10.6 Å². The predicted molar refractivity (Wildman–Crippen MR) is 119 cm³/mol. The number of ketones is 1. The second-order valence-electron chi connectivity index (χ2n) is 9.64. The molecule has 168 valence electrons. The zero-order valence-electron chi connectivity index (χ0n) is 18.9. The number of benzene rings is 1. The quantitative estimate of drug-likeness (QED) is 0.703. The fourth-order valence-electron chi connectivity index (χ4n) is 4.93. The first kappa shape index (κ1) is 22.0. The molecule has 3 amide bonds. The van der Waals surface area contributed by atoms with E-state index in [1.54, 1.807) is 31.2 Å². The lowest BCUT2D eigenvalue weighted by atomic mass is 9.72. The van der Waals surface area contributed by atoms with Gasteiger partial charge in [0, 0.05) is 30.5 Å². The second kappa shape index (κ2) is 7.73. The van der Waals surface area contributed by atoms with E-state index in [1.807, 2.05) is 20.8 Å². The maximum Gasteiger partial charge on any atom is 0.291 e. The molecule has 2 heterocycles. The highest BCUT2D eigenvalue weighted by Crippen LogP contribution is 2.39. The molecule has 0 bridgehead atoms. The molecule has 0 saturated carbocycles. The number of fused-ring (bicyclic) bond motifs is 1. The van der Waals surface area contributed by atoms with Crippen LogP contribution in [0.4, 0.5) is 5.69 Å². The molecule has 0 radical (unpaired) electrons. The number of carbonyl (C=O) groups is 4. The first-order valence-electron chi connectivity index (χ1n) is 11.0. The maximum atomic E-state index is 12.9. The number of furan rings is 1. The third-order valence-corrected chi connectivity index (χ3v) is 6.75. The van der Waals surface area contributed by atoms with Crippen molar-refractivity contribution < 1.29 is 23.6 Å². The highest BCUT2D eigenvalue weighted by molar-refractivity contribution is 6.08. The van der Waals surface area contributed by atoms with Gasteiger partial charge in [-0.2, -0.15) is 0 Å². The van der Waals surface area contributed by atoms with Crippen LogP contribution < -0.4 is 10.6 Å². The van der Waals surface area contributed by atoms with Gasteiger partial charge < -0.3 is 9.73 Å². The molecule has 2 aromatic rings. The summed E-state index contributed by atoms with van der Waals surface area (Å²) in [5.74, 6) is -0.206. The zero-order valence-corrected chi connectivity index (χ0v) is 18.9. The Kier molecular flexibility index (Phi) is 5.31. The molecule has 1 aliphatic heterocycles. The zero-order chi connectivity index (χ0) is 23.3. The lowest BCUT2D eigenvalue weighted by Crippen LogP contribution is -2.51. The average molecular weight is 437 g/mol. The highest BCUT2D eigenvalue weighted by atomic mass is 16.4. The Bertz CT molecular complexity index is 1130. The van der Waals surface area contributed by atoms with Gasteiger partial charge in [-0.15, -0.1) is 0 Å². The summed E-state index contributed by atoms with van der Waals surface area (Å²) < 4.78 is 5.84. The number of hydrogen-bond acceptors (Lipinski definition) is 5. The van der Waals surface area contributed by atoms with Crippen molar-refractivity contribution in [2.45, 2.75) is 65.2 Å². The molecule has 2 aliphatic rings. The summed E-state index contributed by atoms with van der Waals surface area (Å²) in [6.07, 6.45) is 2.37. The largest absolute Gasteiger partial charge is 0.455 e. The molecule has 1 aromatic heterocycles. The Labute approximate surface area is 186 Å². The van der Waals surface area contributed by atoms with Crippen LogP contribution in [-0.4, -0.2) is 23.5 Å². The van der Waals surface area contributed by atoms with Crippen LogP contribution in [-0.2, 0) is 21.4 Å².